The lowest BCUT2D eigenvalue weighted by atomic mass is 9.78. The van der Waals surface area contributed by atoms with E-state index < -0.39 is 5.97 Å². The Kier molecular flexibility index (Phi) is 6.40. The average molecular weight is 291 g/mol. The first-order valence-corrected chi connectivity index (χ1v) is 7.40. The van der Waals surface area contributed by atoms with Gasteiger partial charge in [0, 0.05) is 24.3 Å². The Hall–Kier alpha value is -1.84. The molecule has 0 bridgehead atoms. The molecule has 1 unspecified atom stereocenters. The van der Waals surface area contributed by atoms with Gasteiger partial charge in [0.25, 0.3) is 0 Å². The summed E-state index contributed by atoms with van der Waals surface area (Å²) in [4.78, 5) is 22.3. The standard InChI is InChI=1S/C17H25NO3/c1-13(17(2,3)14-9-5-4-6-10-14)18-15(19)11-7-8-12-16(20)21/h4-6,9-10,13H,7-8,11-12H2,1-3H3,(H,18,19)(H,20,21). The quantitative estimate of drug-likeness (QED) is 0.723. The maximum Gasteiger partial charge on any atom is 0.303 e. The van der Waals surface area contributed by atoms with Gasteiger partial charge < -0.3 is 10.4 Å². The van der Waals surface area contributed by atoms with E-state index in [-0.39, 0.29) is 23.8 Å². The van der Waals surface area contributed by atoms with E-state index in [0.717, 1.165) is 0 Å². The largest absolute Gasteiger partial charge is 0.481 e. The van der Waals surface area contributed by atoms with E-state index in [0.29, 0.717) is 19.3 Å². The zero-order valence-corrected chi connectivity index (χ0v) is 13.1. The number of amides is 1. The molecule has 0 radical (unpaired) electrons. The van der Waals surface area contributed by atoms with Crippen molar-refractivity contribution in [1.29, 1.82) is 0 Å². The normalized spacial score (nSPS) is 12.7. The van der Waals surface area contributed by atoms with Crippen LogP contribution in [0.25, 0.3) is 0 Å². The van der Waals surface area contributed by atoms with Crippen LogP contribution in [-0.2, 0) is 15.0 Å². The first kappa shape index (κ1) is 17.2. The summed E-state index contributed by atoms with van der Waals surface area (Å²) in [6.07, 6.45) is 1.65. The number of hydrogen-bond donors (Lipinski definition) is 2. The number of aliphatic carboxylic acids is 1. The molecule has 1 atom stereocenters. The summed E-state index contributed by atoms with van der Waals surface area (Å²) in [5.41, 5.74) is 1.03. The van der Waals surface area contributed by atoms with Crippen LogP contribution in [-0.4, -0.2) is 23.0 Å². The molecule has 0 spiro atoms. The van der Waals surface area contributed by atoms with Crippen LogP contribution < -0.4 is 5.32 Å². The summed E-state index contributed by atoms with van der Waals surface area (Å²) in [6.45, 7) is 6.22. The third kappa shape index (κ3) is 5.58. The Morgan fingerprint density at radius 3 is 2.29 bits per heavy atom. The second-order valence-corrected chi connectivity index (χ2v) is 5.98. The molecule has 1 aromatic rings. The molecule has 1 amide bonds. The lowest BCUT2D eigenvalue weighted by Crippen LogP contribution is -2.45. The number of carbonyl (C=O) groups is 2. The summed E-state index contributed by atoms with van der Waals surface area (Å²) in [5, 5.41) is 11.6. The van der Waals surface area contributed by atoms with Crippen molar-refractivity contribution < 1.29 is 14.7 Å². The number of benzene rings is 1. The fourth-order valence-electron chi connectivity index (χ4n) is 2.17. The van der Waals surface area contributed by atoms with E-state index in [1.165, 1.54) is 5.56 Å². The van der Waals surface area contributed by atoms with Gasteiger partial charge in [-0.1, -0.05) is 44.2 Å². The number of carboxylic acid groups (broad SMARTS) is 1. The predicted molar refractivity (Wildman–Crippen MR) is 83.2 cm³/mol. The second kappa shape index (κ2) is 7.81. The van der Waals surface area contributed by atoms with E-state index in [4.69, 9.17) is 5.11 Å². The van der Waals surface area contributed by atoms with Gasteiger partial charge in [-0.15, -0.1) is 0 Å². The van der Waals surface area contributed by atoms with E-state index in [1.54, 1.807) is 0 Å². The fraction of sp³-hybridized carbons (Fsp3) is 0.529. The van der Waals surface area contributed by atoms with Crippen LogP contribution in [0.15, 0.2) is 30.3 Å². The molecule has 0 aliphatic heterocycles. The van der Waals surface area contributed by atoms with Crippen LogP contribution in [0.4, 0.5) is 0 Å². The average Bonchev–Trinajstić information content (AvgIpc) is 2.44. The Morgan fingerprint density at radius 2 is 1.71 bits per heavy atom. The number of unbranched alkanes of at least 4 members (excludes halogenated alkanes) is 1. The molecule has 0 saturated carbocycles. The van der Waals surface area contributed by atoms with E-state index in [2.05, 4.69) is 31.3 Å². The second-order valence-electron chi connectivity index (χ2n) is 5.98. The summed E-state index contributed by atoms with van der Waals surface area (Å²) in [6, 6.07) is 10.1. The van der Waals surface area contributed by atoms with Crippen LogP contribution in [0.2, 0.25) is 0 Å². The minimum Gasteiger partial charge on any atom is -0.481 e. The summed E-state index contributed by atoms with van der Waals surface area (Å²) in [5.74, 6) is -0.828. The van der Waals surface area contributed by atoms with Gasteiger partial charge in [-0.25, -0.2) is 0 Å². The van der Waals surface area contributed by atoms with Crippen molar-refractivity contribution in [3.8, 4) is 0 Å². The highest BCUT2D eigenvalue weighted by atomic mass is 16.4. The van der Waals surface area contributed by atoms with Gasteiger partial charge in [-0.2, -0.15) is 0 Å². The Bertz CT molecular complexity index is 468. The third-order valence-electron chi connectivity index (χ3n) is 4.02. The van der Waals surface area contributed by atoms with Crippen molar-refractivity contribution in [2.75, 3.05) is 0 Å². The summed E-state index contributed by atoms with van der Waals surface area (Å²) >= 11 is 0. The van der Waals surface area contributed by atoms with Crippen molar-refractivity contribution in [1.82, 2.24) is 5.32 Å². The number of nitrogens with one attached hydrogen (secondary N) is 1. The van der Waals surface area contributed by atoms with Crippen molar-refractivity contribution in [3.63, 3.8) is 0 Å². The third-order valence-corrected chi connectivity index (χ3v) is 4.02. The molecule has 116 valence electrons. The van der Waals surface area contributed by atoms with Gasteiger partial charge in [0.1, 0.15) is 0 Å². The molecule has 2 N–H and O–H groups in total. The van der Waals surface area contributed by atoms with Gasteiger partial charge in [-0.05, 0) is 25.3 Å². The molecule has 4 nitrogen and oxygen atoms in total. The van der Waals surface area contributed by atoms with Gasteiger partial charge >= 0.3 is 5.97 Å². The molecule has 1 aromatic carbocycles. The molecule has 0 fully saturated rings. The lowest BCUT2D eigenvalue weighted by molar-refractivity contribution is -0.137. The Labute approximate surface area is 126 Å². The first-order chi connectivity index (χ1) is 9.84. The number of carboxylic acids is 1. The molecule has 0 aliphatic carbocycles. The van der Waals surface area contributed by atoms with Gasteiger partial charge in [0.05, 0.1) is 0 Å². The van der Waals surface area contributed by atoms with E-state index in [1.807, 2.05) is 25.1 Å². The van der Waals surface area contributed by atoms with Gasteiger partial charge in [-0.3, -0.25) is 9.59 Å². The highest BCUT2D eigenvalue weighted by molar-refractivity contribution is 5.76. The van der Waals surface area contributed by atoms with Crippen LogP contribution in [0.5, 0.6) is 0 Å². The first-order valence-electron chi connectivity index (χ1n) is 7.40. The molecule has 4 heteroatoms. The number of carbonyl (C=O) groups excluding carboxylic acids is 1. The van der Waals surface area contributed by atoms with Crippen LogP contribution in [0.1, 0.15) is 52.0 Å². The molecule has 0 saturated heterocycles. The molecule has 0 heterocycles. The fourth-order valence-corrected chi connectivity index (χ4v) is 2.17. The van der Waals surface area contributed by atoms with Crippen molar-refractivity contribution in [2.24, 2.45) is 0 Å². The zero-order chi connectivity index (χ0) is 15.9. The highest BCUT2D eigenvalue weighted by Crippen LogP contribution is 2.26. The topological polar surface area (TPSA) is 66.4 Å². The molecule has 0 aliphatic rings. The monoisotopic (exact) mass is 291 g/mol. The Morgan fingerprint density at radius 1 is 1.14 bits per heavy atom. The molecule has 21 heavy (non-hydrogen) atoms. The van der Waals surface area contributed by atoms with Gasteiger partial charge in [0.2, 0.25) is 5.91 Å². The maximum absolute atomic E-state index is 11.9. The SMILES string of the molecule is CC(NC(=O)CCCCC(=O)O)C(C)(C)c1ccccc1. The summed E-state index contributed by atoms with van der Waals surface area (Å²) < 4.78 is 0. The lowest BCUT2D eigenvalue weighted by Gasteiger charge is -2.33. The minimum absolute atomic E-state index is 0.00636. The molecule has 1 rings (SSSR count). The molecule has 0 aromatic heterocycles. The minimum atomic E-state index is -0.811. The Balaban J connectivity index is 2.46. The molecular weight excluding hydrogens is 266 g/mol. The number of hydrogen-bond acceptors (Lipinski definition) is 2. The van der Waals surface area contributed by atoms with Crippen LogP contribution in [0, 0.1) is 0 Å². The predicted octanol–water partition coefficient (Wildman–Crippen LogP) is 3.11. The van der Waals surface area contributed by atoms with Crippen molar-refractivity contribution in [3.05, 3.63) is 35.9 Å². The van der Waals surface area contributed by atoms with Gasteiger partial charge in [0.15, 0.2) is 0 Å². The number of rotatable bonds is 8. The van der Waals surface area contributed by atoms with Crippen LogP contribution in [0.3, 0.4) is 0 Å². The molecular formula is C17H25NO3. The maximum atomic E-state index is 11.9. The zero-order valence-electron chi connectivity index (χ0n) is 13.1. The van der Waals surface area contributed by atoms with E-state index >= 15 is 0 Å². The van der Waals surface area contributed by atoms with E-state index in [9.17, 15) is 9.59 Å². The van der Waals surface area contributed by atoms with Crippen LogP contribution >= 0.6 is 0 Å². The van der Waals surface area contributed by atoms with Crippen molar-refractivity contribution in [2.45, 2.75) is 57.9 Å². The van der Waals surface area contributed by atoms with Crippen molar-refractivity contribution >= 4 is 11.9 Å². The highest BCUT2D eigenvalue weighted by Gasteiger charge is 2.28. The summed E-state index contributed by atoms with van der Waals surface area (Å²) in [7, 11) is 0. The smallest absolute Gasteiger partial charge is 0.303 e.